The molecule has 0 aromatic rings. The number of hydrogen-bond donors (Lipinski definition) is 1. The van der Waals surface area contributed by atoms with Gasteiger partial charge in [0.25, 0.3) is 0 Å². The highest BCUT2D eigenvalue weighted by Gasteiger charge is 1.91. The maximum atomic E-state index is 10.0. The summed E-state index contributed by atoms with van der Waals surface area (Å²) in [7, 11) is 0. The monoisotopic (exact) mass is 113 g/mol. The van der Waals surface area contributed by atoms with E-state index in [9.17, 15) is 4.79 Å². The average molecular weight is 113 g/mol. The summed E-state index contributed by atoms with van der Waals surface area (Å²) >= 11 is 0. The van der Waals surface area contributed by atoms with Gasteiger partial charge in [0.1, 0.15) is 6.29 Å². The zero-order valence-corrected chi connectivity index (χ0v) is 5.27. The topological polar surface area (TPSA) is 43.1 Å². The second-order valence-corrected chi connectivity index (χ2v) is 1.68. The molecule has 0 radical (unpaired) electrons. The molecule has 0 saturated carbocycles. The fourth-order valence-corrected chi connectivity index (χ4v) is 0.455. The number of hydrogen-bond acceptors (Lipinski definition) is 2. The van der Waals surface area contributed by atoms with Crippen LogP contribution in [0.2, 0.25) is 0 Å². The van der Waals surface area contributed by atoms with Crippen molar-refractivity contribution < 1.29 is 4.79 Å². The Kier molecular flexibility index (Phi) is 2.92. The van der Waals surface area contributed by atoms with Crippen LogP contribution >= 0.6 is 0 Å². The Morgan fingerprint density at radius 1 is 1.75 bits per heavy atom. The highest BCUT2D eigenvalue weighted by molar-refractivity contribution is 5.73. The fourth-order valence-electron chi connectivity index (χ4n) is 0.455. The number of aldehydes is 1. The lowest BCUT2D eigenvalue weighted by molar-refractivity contribution is -0.105. The molecule has 0 spiro atoms. The van der Waals surface area contributed by atoms with Crippen molar-refractivity contribution in [2.45, 2.75) is 20.3 Å². The van der Waals surface area contributed by atoms with Crippen molar-refractivity contribution in [2.24, 2.45) is 5.73 Å². The molecule has 0 unspecified atom stereocenters. The molecule has 0 aliphatic carbocycles. The maximum absolute atomic E-state index is 10.0. The Labute approximate surface area is 49.4 Å². The lowest BCUT2D eigenvalue weighted by Crippen LogP contribution is -1.97. The molecular formula is C6H11NO. The minimum absolute atomic E-state index is 0.627. The van der Waals surface area contributed by atoms with Crippen LogP contribution in [0.25, 0.3) is 0 Å². The largest absolute Gasteiger partial charge is 0.402 e. The van der Waals surface area contributed by atoms with Crippen molar-refractivity contribution in [3.63, 3.8) is 0 Å². The van der Waals surface area contributed by atoms with Crippen molar-refractivity contribution in [2.75, 3.05) is 0 Å². The Balaban J connectivity index is 4.07. The van der Waals surface area contributed by atoms with E-state index in [2.05, 4.69) is 0 Å². The number of carbonyl (C=O) groups is 1. The Bertz CT molecular complexity index is 112. The quantitative estimate of drug-likeness (QED) is 0.425. The van der Waals surface area contributed by atoms with Crippen LogP contribution in [0.4, 0.5) is 0 Å². The first-order valence-electron chi connectivity index (χ1n) is 2.62. The number of nitrogens with two attached hydrogens (primary N) is 1. The fraction of sp³-hybridized carbons (Fsp3) is 0.500. The van der Waals surface area contributed by atoms with Gasteiger partial charge < -0.3 is 5.73 Å². The molecule has 0 aliphatic rings. The molecule has 2 N–H and O–H groups in total. The molecule has 0 heterocycles. The summed E-state index contributed by atoms with van der Waals surface area (Å²) in [5.74, 6) is 0. The maximum Gasteiger partial charge on any atom is 0.147 e. The van der Waals surface area contributed by atoms with E-state index >= 15 is 0 Å². The van der Waals surface area contributed by atoms with Crippen LogP contribution in [0.3, 0.4) is 0 Å². The predicted molar refractivity (Wildman–Crippen MR) is 33.2 cm³/mol. The molecular weight excluding hydrogens is 102 g/mol. The van der Waals surface area contributed by atoms with Crippen LogP contribution in [0.1, 0.15) is 20.3 Å². The van der Waals surface area contributed by atoms with Gasteiger partial charge in [-0.15, -0.1) is 0 Å². The summed E-state index contributed by atoms with van der Waals surface area (Å²) in [5.41, 5.74) is 6.63. The molecule has 0 atom stereocenters. The Hall–Kier alpha value is -0.790. The molecule has 0 amide bonds. The van der Waals surface area contributed by atoms with Gasteiger partial charge in [-0.3, -0.25) is 4.79 Å². The molecule has 8 heavy (non-hydrogen) atoms. The summed E-state index contributed by atoms with van der Waals surface area (Å²) in [5, 5.41) is 0. The standard InChI is InChI=1S/C6H11NO/c1-3-6(4-8)5(2)7/h4H,3,7H2,1-2H3/b6-5-. The SMILES string of the molecule is CC/C(C=O)=C(\C)N. The number of rotatable bonds is 2. The zero-order valence-electron chi connectivity index (χ0n) is 5.27. The molecule has 2 heteroatoms. The third-order valence-corrected chi connectivity index (χ3v) is 1.03. The summed E-state index contributed by atoms with van der Waals surface area (Å²) < 4.78 is 0. The van der Waals surface area contributed by atoms with Crippen LogP contribution in [0.5, 0.6) is 0 Å². The van der Waals surface area contributed by atoms with E-state index in [0.29, 0.717) is 11.3 Å². The number of carbonyl (C=O) groups excluding carboxylic acids is 1. The molecule has 46 valence electrons. The second kappa shape index (κ2) is 3.24. The molecule has 0 fully saturated rings. The van der Waals surface area contributed by atoms with E-state index in [4.69, 9.17) is 5.73 Å². The predicted octanol–water partition coefficient (Wildman–Crippen LogP) is 0.828. The molecule has 0 rings (SSSR count). The van der Waals surface area contributed by atoms with Crippen molar-refractivity contribution >= 4 is 6.29 Å². The van der Waals surface area contributed by atoms with Crippen molar-refractivity contribution in [1.29, 1.82) is 0 Å². The van der Waals surface area contributed by atoms with E-state index in [1.807, 2.05) is 6.92 Å². The highest BCUT2D eigenvalue weighted by Crippen LogP contribution is 1.97. The second-order valence-electron chi connectivity index (χ2n) is 1.68. The summed E-state index contributed by atoms with van der Waals surface area (Å²) in [6, 6.07) is 0. The third kappa shape index (κ3) is 1.78. The van der Waals surface area contributed by atoms with Gasteiger partial charge >= 0.3 is 0 Å². The minimum atomic E-state index is 0.627. The van der Waals surface area contributed by atoms with Gasteiger partial charge in [-0.05, 0) is 13.3 Å². The van der Waals surface area contributed by atoms with E-state index in [-0.39, 0.29) is 0 Å². The third-order valence-electron chi connectivity index (χ3n) is 1.03. The smallest absolute Gasteiger partial charge is 0.147 e. The van der Waals surface area contributed by atoms with Gasteiger partial charge in [-0.2, -0.15) is 0 Å². The Morgan fingerprint density at radius 2 is 2.25 bits per heavy atom. The van der Waals surface area contributed by atoms with Crippen LogP contribution < -0.4 is 5.73 Å². The normalized spacial score (nSPS) is 12.8. The molecule has 0 aromatic carbocycles. The average Bonchev–Trinajstić information content (AvgIpc) is 1.69. The van der Waals surface area contributed by atoms with Gasteiger partial charge in [0, 0.05) is 11.3 Å². The molecule has 2 nitrogen and oxygen atoms in total. The van der Waals surface area contributed by atoms with Crippen LogP contribution in [-0.2, 0) is 4.79 Å². The van der Waals surface area contributed by atoms with Gasteiger partial charge in [-0.25, -0.2) is 0 Å². The van der Waals surface area contributed by atoms with Gasteiger partial charge in [0.2, 0.25) is 0 Å². The molecule has 0 saturated heterocycles. The zero-order chi connectivity index (χ0) is 6.57. The minimum Gasteiger partial charge on any atom is -0.402 e. The van der Waals surface area contributed by atoms with E-state index in [1.165, 1.54) is 0 Å². The first kappa shape index (κ1) is 7.21. The van der Waals surface area contributed by atoms with Crippen LogP contribution in [0, 0.1) is 0 Å². The highest BCUT2D eigenvalue weighted by atomic mass is 16.1. The Morgan fingerprint density at radius 3 is 2.25 bits per heavy atom. The van der Waals surface area contributed by atoms with Crippen molar-refractivity contribution in [3.8, 4) is 0 Å². The number of allylic oxidation sites excluding steroid dienone is 2. The molecule has 0 aromatic heterocycles. The van der Waals surface area contributed by atoms with Crippen molar-refractivity contribution in [3.05, 3.63) is 11.3 Å². The van der Waals surface area contributed by atoms with Crippen LogP contribution in [0.15, 0.2) is 11.3 Å². The lowest BCUT2D eigenvalue weighted by atomic mass is 10.2. The van der Waals surface area contributed by atoms with E-state index in [1.54, 1.807) is 6.92 Å². The first-order chi connectivity index (χ1) is 3.72. The first-order valence-corrected chi connectivity index (χ1v) is 2.62. The van der Waals surface area contributed by atoms with Gasteiger partial charge in [0.05, 0.1) is 0 Å². The van der Waals surface area contributed by atoms with E-state index in [0.717, 1.165) is 12.7 Å². The van der Waals surface area contributed by atoms with Gasteiger partial charge in [0.15, 0.2) is 0 Å². The summed E-state index contributed by atoms with van der Waals surface area (Å²) in [6.07, 6.45) is 1.53. The lowest BCUT2D eigenvalue weighted by Gasteiger charge is -1.93. The van der Waals surface area contributed by atoms with Gasteiger partial charge in [-0.1, -0.05) is 6.92 Å². The molecule has 0 bridgehead atoms. The van der Waals surface area contributed by atoms with Crippen LogP contribution in [-0.4, -0.2) is 6.29 Å². The van der Waals surface area contributed by atoms with E-state index < -0.39 is 0 Å². The summed E-state index contributed by atoms with van der Waals surface area (Å²) in [6.45, 7) is 3.63. The summed E-state index contributed by atoms with van der Waals surface area (Å²) in [4.78, 5) is 10.0. The van der Waals surface area contributed by atoms with Crippen molar-refractivity contribution in [1.82, 2.24) is 0 Å². The molecule has 0 aliphatic heterocycles.